The maximum absolute atomic E-state index is 13.9. The van der Waals surface area contributed by atoms with Crippen LogP contribution in [0.15, 0.2) is 35.3 Å². The van der Waals surface area contributed by atoms with Crippen molar-refractivity contribution in [3.05, 3.63) is 52.3 Å². The van der Waals surface area contributed by atoms with Gasteiger partial charge in [0, 0.05) is 19.3 Å². The Balaban J connectivity index is 2.37. The Labute approximate surface area is 141 Å². The molecule has 0 aromatic heterocycles. The molecule has 5 heteroatoms. The van der Waals surface area contributed by atoms with Crippen molar-refractivity contribution in [2.75, 3.05) is 18.9 Å². The maximum Gasteiger partial charge on any atom is 0.127 e. The molecule has 3 nitrogen and oxygen atoms in total. The number of hydrogen-bond donors (Lipinski definition) is 1. The molecule has 23 heavy (non-hydrogen) atoms. The van der Waals surface area contributed by atoms with E-state index in [0.717, 1.165) is 23.4 Å². The standard InChI is InChI=1S/C18H21ClFN3/c1-5-23(4)11-21-16-9-14(20)10-17(13(16)3)22-18-8-12(2)6-7-15(18)19/h6-11,22H,5H2,1-4H3/b21-11-. The Morgan fingerprint density at radius 2 is 1.96 bits per heavy atom. The van der Waals surface area contributed by atoms with Gasteiger partial charge in [-0.3, -0.25) is 0 Å². The van der Waals surface area contributed by atoms with Crippen LogP contribution in [0.3, 0.4) is 0 Å². The summed E-state index contributed by atoms with van der Waals surface area (Å²) in [6, 6.07) is 8.57. The number of nitrogens with one attached hydrogen (secondary N) is 1. The summed E-state index contributed by atoms with van der Waals surface area (Å²) in [6.07, 6.45) is 1.70. The molecule has 0 atom stereocenters. The summed E-state index contributed by atoms with van der Waals surface area (Å²) in [4.78, 5) is 6.29. The zero-order chi connectivity index (χ0) is 17.0. The lowest BCUT2D eigenvalue weighted by Gasteiger charge is -2.14. The Morgan fingerprint density at radius 1 is 1.22 bits per heavy atom. The summed E-state index contributed by atoms with van der Waals surface area (Å²) in [6.45, 7) is 6.75. The van der Waals surface area contributed by atoms with Crippen molar-refractivity contribution >= 4 is 35.0 Å². The summed E-state index contributed by atoms with van der Waals surface area (Å²) in [5.74, 6) is -0.340. The highest BCUT2D eigenvalue weighted by atomic mass is 35.5. The van der Waals surface area contributed by atoms with Gasteiger partial charge in [0.15, 0.2) is 0 Å². The van der Waals surface area contributed by atoms with Crippen molar-refractivity contribution in [3.63, 3.8) is 0 Å². The van der Waals surface area contributed by atoms with Crippen LogP contribution in [-0.4, -0.2) is 24.8 Å². The fourth-order valence-electron chi connectivity index (χ4n) is 2.05. The third-order valence-electron chi connectivity index (χ3n) is 3.63. The average molecular weight is 334 g/mol. The van der Waals surface area contributed by atoms with E-state index in [4.69, 9.17) is 11.6 Å². The lowest BCUT2D eigenvalue weighted by Crippen LogP contribution is -2.14. The van der Waals surface area contributed by atoms with Crippen LogP contribution in [0.2, 0.25) is 5.02 Å². The smallest absolute Gasteiger partial charge is 0.127 e. The lowest BCUT2D eigenvalue weighted by molar-refractivity contribution is 0.552. The van der Waals surface area contributed by atoms with Gasteiger partial charge in [0.25, 0.3) is 0 Å². The molecule has 0 unspecified atom stereocenters. The van der Waals surface area contributed by atoms with Gasteiger partial charge in [-0.05, 0) is 56.2 Å². The molecule has 0 heterocycles. The summed E-state index contributed by atoms with van der Waals surface area (Å²) in [7, 11) is 1.92. The monoisotopic (exact) mass is 333 g/mol. The molecule has 122 valence electrons. The number of benzene rings is 2. The van der Waals surface area contributed by atoms with Gasteiger partial charge in [0.1, 0.15) is 5.82 Å². The molecule has 2 rings (SSSR count). The third kappa shape index (κ3) is 4.45. The minimum atomic E-state index is -0.340. The summed E-state index contributed by atoms with van der Waals surface area (Å²) in [5.41, 5.74) is 3.94. The molecule has 0 spiro atoms. The number of anilines is 2. The Hall–Kier alpha value is -2.07. The molecule has 0 fully saturated rings. The number of aryl methyl sites for hydroxylation is 1. The van der Waals surface area contributed by atoms with Gasteiger partial charge in [-0.15, -0.1) is 0 Å². The molecule has 0 saturated carbocycles. The van der Waals surface area contributed by atoms with Crippen molar-refractivity contribution in [2.45, 2.75) is 20.8 Å². The van der Waals surface area contributed by atoms with Crippen molar-refractivity contribution in [1.82, 2.24) is 4.90 Å². The molecule has 1 N–H and O–H groups in total. The summed E-state index contributed by atoms with van der Waals surface area (Å²) < 4.78 is 13.9. The van der Waals surface area contributed by atoms with Crippen molar-refractivity contribution in [1.29, 1.82) is 0 Å². The van der Waals surface area contributed by atoms with E-state index in [2.05, 4.69) is 10.3 Å². The third-order valence-corrected chi connectivity index (χ3v) is 3.96. The molecular weight excluding hydrogens is 313 g/mol. The highest BCUT2D eigenvalue weighted by Gasteiger charge is 2.09. The highest BCUT2D eigenvalue weighted by Crippen LogP contribution is 2.32. The summed E-state index contributed by atoms with van der Waals surface area (Å²) in [5, 5.41) is 3.80. The second-order valence-corrected chi connectivity index (χ2v) is 5.93. The fourth-order valence-corrected chi connectivity index (χ4v) is 2.22. The van der Waals surface area contributed by atoms with E-state index in [0.29, 0.717) is 16.4 Å². The lowest BCUT2D eigenvalue weighted by atomic mass is 10.1. The van der Waals surface area contributed by atoms with Crippen LogP contribution in [-0.2, 0) is 0 Å². The van der Waals surface area contributed by atoms with Gasteiger partial charge in [0.05, 0.1) is 22.7 Å². The molecule has 0 radical (unpaired) electrons. The molecule has 2 aromatic carbocycles. The van der Waals surface area contributed by atoms with Gasteiger partial charge in [-0.2, -0.15) is 0 Å². The molecule has 0 bridgehead atoms. The van der Waals surface area contributed by atoms with E-state index < -0.39 is 0 Å². The largest absolute Gasteiger partial charge is 0.366 e. The van der Waals surface area contributed by atoms with Gasteiger partial charge in [0.2, 0.25) is 0 Å². The molecule has 0 saturated heterocycles. The van der Waals surface area contributed by atoms with Gasteiger partial charge in [-0.1, -0.05) is 17.7 Å². The second-order valence-electron chi connectivity index (χ2n) is 5.52. The zero-order valence-corrected chi connectivity index (χ0v) is 14.6. The van der Waals surface area contributed by atoms with Crippen molar-refractivity contribution in [3.8, 4) is 0 Å². The Bertz CT molecular complexity index is 728. The molecule has 2 aromatic rings. The van der Waals surface area contributed by atoms with Gasteiger partial charge in [-0.25, -0.2) is 9.38 Å². The highest BCUT2D eigenvalue weighted by molar-refractivity contribution is 6.33. The Morgan fingerprint density at radius 3 is 2.65 bits per heavy atom. The molecule has 0 aliphatic heterocycles. The summed E-state index contributed by atoms with van der Waals surface area (Å²) >= 11 is 6.21. The molecule has 0 aliphatic carbocycles. The van der Waals surface area contributed by atoms with Gasteiger partial charge >= 0.3 is 0 Å². The zero-order valence-electron chi connectivity index (χ0n) is 13.8. The SMILES string of the molecule is CCN(C)/C=N\c1cc(F)cc(Nc2cc(C)ccc2Cl)c1C. The first-order valence-electron chi connectivity index (χ1n) is 7.48. The number of nitrogens with zero attached hydrogens (tertiary/aromatic N) is 2. The molecular formula is C18H21ClFN3. The normalized spacial score (nSPS) is 11.0. The van der Waals surface area contributed by atoms with Crippen molar-refractivity contribution < 1.29 is 4.39 Å². The van der Waals surface area contributed by atoms with Crippen LogP contribution >= 0.6 is 11.6 Å². The van der Waals surface area contributed by atoms with Crippen LogP contribution < -0.4 is 5.32 Å². The van der Waals surface area contributed by atoms with E-state index in [1.165, 1.54) is 12.1 Å². The quantitative estimate of drug-likeness (QED) is 0.582. The minimum Gasteiger partial charge on any atom is -0.366 e. The molecule has 0 aliphatic rings. The number of halogens is 2. The number of hydrogen-bond acceptors (Lipinski definition) is 2. The van der Waals surface area contributed by atoms with Crippen LogP contribution in [0.25, 0.3) is 0 Å². The molecule has 0 amide bonds. The first-order valence-corrected chi connectivity index (χ1v) is 7.86. The first kappa shape index (κ1) is 17.3. The minimum absolute atomic E-state index is 0.340. The fraction of sp³-hybridized carbons (Fsp3) is 0.278. The first-order chi connectivity index (χ1) is 10.9. The second kappa shape index (κ2) is 7.47. The van der Waals surface area contributed by atoms with E-state index in [-0.39, 0.29) is 5.82 Å². The average Bonchev–Trinajstić information content (AvgIpc) is 2.52. The predicted molar refractivity (Wildman–Crippen MR) is 97.1 cm³/mol. The maximum atomic E-state index is 13.9. The van der Waals surface area contributed by atoms with Crippen LogP contribution in [0.5, 0.6) is 0 Å². The van der Waals surface area contributed by atoms with Gasteiger partial charge < -0.3 is 10.2 Å². The number of aliphatic imine (C=N–C) groups is 1. The van der Waals surface area contributed by atoms with E-state index in [1.807, 2.05) is 50.9 Å². The topological polar surface area (TPSA) is 27.6 Å². The van der Waals surface area contributed by atoms with Crippen LogP contribution in [0, 0.1) is 19.7 Å². The van der Waals surface area contributed by atoms with Crippen LogP contribution in [0.4, 0.5) is 21.5 Å². The predicted octanol–water partition coefficient (Wildman–Crippen LogP) is 5.45. The van der Waals surface area contributed by atoms with Crippen molar-refractivity contribution in [2.24, 2.45) is 4.99 Å². The van der Waals surface area contributed by atoms with E-state index in [9.17, 15) is 4.39 Å². The van der Waals surface area contributed by atoms with E-state index in [1.54, 1.807) is 6.34 Å². The Kier molecular flexibility index (Phi) is 5.61. The van der Waals surface area contributed by atoms with E-state index >= 15 is 0 Å². The van der Waals surface area contributed by atoms with Crippen LogP contribution in [0.1, 0.15) is 18.1 Å². The number of rotatable bonds is 5.